The quantitative estimate of drug-likeness (QED) is 0.800. The van der Waals surface area contributed by atoms with Gasteiger partial charge in [-0.25, -0.2) is 8.42 Å². The average Bonchev–Trinajstić information content (AvgIpc) is 2.31. The van der Waals surface area contributed by atoms with Gasteiger partial charge in [0, 0.05) is 0 Å². The molecule has 106 valence electrons. The number of hydrogen-bond donors (Lipinski definition) is 0. The zero-order valence-corrected chi connectivity index (χ0v) is 11.5. The van der Waals surface area contributed by atoms with Crippen LogP contribution in [0.2, 0.25) is 0 Å². The Labute approximate surface area is 117 Å². The predicted molar refractivity (Wildman–Crippen MR) is 70.7 cm³/mol. The van der Waals surface area contributed by atoms with Gasteiger partial charge in [0.2, 0.25) is 10.0 Å². The molecule has 1 aromatic carbocycles. The molecule has 2 saturated heterocycles. The fourth-order valence-corrected chi connectivity index (χ4v) is 3.79. The predicted octanol–water partition coefficient (Wildman–Crippen LogP) is 0.350. The first-order valence-electron chi connectivity index (χ1n) is 6.33. The van der Waals surface area contributed by atoms with Crippen molar-refractivity contribution in [3.63, 3.8) is 0 Å². The summed E-state index contributed by atoms with van der Waals surface area (Å²) in [7, 11) is -3.22. The number of rotatable bonds is 4. The van der Waals surface area contributed by atoms with Crippen LogP contribution in [0.1, 0.15) is 5.56 Å². The van der Waals surface area contributed by atoms with Gasteiger partial charge in [-0.2, -0.15) is 9.57 Å². The van der Waals surface area contributed by atoms with E-state index in [1.54, 1.807) is 24.3 Å². The second kappa shape index (κ2) is 5.05. The van der Waals surface area contributed by atoms with E-state index in [1.807, 2.05) is 6.07 Å². The Bertz CT molecular complexity index is 625. The first kappa shape index (κ1) is 13.4. The summed E-state index contributed by atoms with van der Waals surface area (Å²) in [4.78, 5) is 0. The summed E-state index contributed by atoms with van der Waals surface area (Å²) in [5.41, 5.74) is 0.570. The smallest absolute Gasteiger partial charge is 0.221 e. The summed E-state index contributed by atoms with van der Waals surface area (Å²) in [6.45, 7) is 1.33. The molecule has 7 heteroatoms. The molecule has 2 aliphatic rings. The summed E-state index contributed by atoms with van der Waals surface area (Å²) in [6, 6.07) is 8.82. The standard InChI is InChI=1S/C13H14N2O4S/c14-5-10-1-3-11(4-2-10)19-12-6-15(7-12)20(16,17)13-8-18-9-13/h1-4,12-13H,6-9H2. The van der Waals surface area contributed by atoms with E-state index in [0.29, 0.717) is 37.6 Å². The van der Waals surface area contributed by atoms with Crippen LogP contribution < -0.4 is 4.74 Å². The summed E-state index contributed by atoms with van der Waals surface area (Å²) >= 11 is 0. The van der Waals surface area contributed by atoms with Gasteiger partial charge < -0.3 is 9.47 Å². The van der Waals surface area contributed by atoms with Crippen LogP contribution >= 0.6 is 0 Å². The average molecular weight is 294 g/mol. The number of nitriles is 1. The van der Waals surface area contributed by atoms with Crippen LogP contribution in [0.5, 0.6) is 5.75 Å². The first-order chi connectivity index (χ1) is 9.59. The number of nitrogens with zero attached hydrogens (tertiary/aromatic N) is 2. The zero-order chi connectivity index (χ0) is 14.2. The van der Waals surface area contributed by atoms with E-state index in [2.05, 4.69) is 0 Å². The highest BCUT2D eigenvalue weighted by Crippen LogP contribution is 2.25. The van der Waals surface area contributed by atoms with Gasteiger partial charge in [-0.3, -0.25) is 0 Å². The second-order valence-corrected chi connectivity index (χ2v) is 7.11. The molecule has 1 aromatic rings. The van der Waals surface area contributed by atoms with Crippen molar-refractivity contribution in [3.8, 4) is 11.8 Å². The normalized spacial score (nSPS) is 20.8. The van der Waals surface area contributed by atoms with Crippen molar-refractivity contribution in [1.82, 2.24) is 4.31 Å². The summed E-state index contributed by atoms with van der Waals surface area (Å²) in [5.74, 6) is 0.651. The lowest BCUT2D eigenvalue weighted by Crippen LogP contribution is -2.60. The van der Waals surface area contributed by atoms with Gasteiger partial charge in [0.15, 0.2) is 0 Å². The second-order valence-electron chi connectivity index (χ2n) is 4.90. The van der Waals surface area contributed by atoms with E-state index < -0.39 is 15.3 Å². The molecule has 2 heterocycles. The summed E-state index contributed by atoms with van der Waals surface area (Å²) < 4.78 is 36.1. The topological polar surface area (TPSA) is 79.6 Å². The van der Waals surface area contributed by atoms with Gasteiger partial charge >= 0.3 is 0 Å². The summed E-state index contributed by atoms with van der Waals surface area (Å²) in [5, 5.41) is 8.31. The molecule has 6 nitrogen and oxygen atoms in total. The minimum Gasteiger partial charge on any atom is -0.488 e. The largest absolute Gasteiger partial charge is 0.488 e. The minimum atomic E-state index is -3.22. The SMILES string of the molecule is N#Cc1ccc(OC2CN(S(=O)(=O)C3COC3)C2)cc1. The fourth-order valence-electron chi connectivity index (χ4n) is 2.08. The lowest BCUT2D eigenvalue weighted by molar-refractivity contribution is 0.0307. The van der Waals surface area contributed by atoms with E-state index in [4.69, 9.17) is 14.7 Å². The molecule has 0 amide bonds. The molecular formula is C13H14N2O4S. The van der Waals surface area contributed by atoms with E-state index in [1.165, 1.54) is 4.31 Å². The molecule has 0 saturated carbocycles. The summed E-state index contributed by atoms with van der Waals surface area (Å²) in [6.07, 6.45) is -0.126. The van der Waals surface area contributed by atoms with Crippen LogP contribution in [-0.2, 0) is 14.8 Å². The molecule has 2 aliphatic heterocycles. The molecule has 0 N–H and O–H groups in total. The van der Waals surface area contributed by atoms with Crippen LogP contribution in [0.15, 0.2) is 24.3 Å². The fraction of sp³-hybridized carbons (Fsp3) is 0.462. The number of hydrogen-bond acceptors (Lipinski definition) is 5. The van der Waals surface area contributed by atoms with Gasteiger partial charge in [0.05, 0.1) is 37.9 Å². The molecule has 0 atom stereocenters. The Morgan fingerprint density at radius 1 is 1.25 bits per heavy atom. The molecule has 0 unspecified atom stereocenters. The number of ether oxygens (including phenoxy) is 2. The van der Waals surface area contributed by atoms with Crippen molar-refractivity contribution in [2.75, 3.05) is 26.3 Å². The van der Waals surface area contributed by atoms with Crippen molar-refractivity contribution < 1.29 is 17.9 Å². The highest BCUT2D eigenvalue weighted by molar-refractivity contribution is 7.89. The maximum Gasteiger partial charge on any atom is 0.221 e. The van der Waals surface area contributed by atoms with Crippen LogP contribution in [-0.4, -0.2) is 50.4 Å². The Hall–Kier alpha value is -1.62. The number of sulfonamides is 1. The minimum absolute atomic E-state index is 0.126. The van der Waals surface area contributed by atoms with Crippen molar-refractivity contribution in [1.29, 1.82) is 5.26 Å². The van der Waals surface area contributed by atoms with Gasteiger partial charge in [-0.1, -0.05) is 0 Å². The lowest BCUT2D eigenvalue weighted by Gasteiger charge is -2.41. The molecule has 0 aromatic heterocycles. The maximum atomic E-state index is 12.0. The van der Waals surface area contributed by atoms with Gasteiger partial charge in [-0.05, 0) is 24.3 Å². The van der Waals surface area contributed by atoms with Crippen molar-refractivity contribution >= 4 is 10.0 Å². The van der Waals surface area contributed by atoms with E-state index in [9.17, 15) is 8.42 Å². The van der Waals surface area contributed by atoms with Crippen LogP contribution in [0.3, 0.4) is 0 Å². The molecule has 2 fully saturated rings. The van der Waals surface area contributed by atoms with Crippen LogP contribution in [0, 0.1) is 11.3 Å². The van der Waals surface area contributed by atoms with Crippen molar-refractivity contribution in [3.05, 3.63) is 29.8 Å². The van der Waals surface area contributed by atoms with Gasteiger partial charge in [0.1, 0.15) is 17.1 Å². The Morgan fingerprint density at radius 3 is 2.40 bits per heavy atom. The third kappa shape index (κ3) is 2.38. The van der Waals surface area contributed by atoms with E-state index >= 15 is 0 Å². The molecule has 0 spiro atoms. The molecule has 0 radical (unpaired) electrons. The molecular weight excluding hydrogens is 280 g/mol. The molecule has 0 bridgehead atoms. The molecule has 20 heavy (non-hydrogen) atoms. The Morgan fingerprint density at radius 2 is 1.90 bits per heavy atom. The Balaban J connectivity index is 1.54. The third-order valence-corrected chi connectivity index (χ3v) is 5.62. The Kier molecular flexibility index (Phi) is 3.38. The van der Waals surface area contributed by atoms with Gasteiger partial charge in [0.25, 0.3) is 0 Å². The lowest BCUT2D eigenvalue weighted by atomic mass is 10.2. The third-order valence-electron chi connectivity index (χ3n) is 3.49. The highest BCUT2D eigenvalue weighted by atomic mass is 32.2. The van der Waals surface area contributed by atoms with Crippen LogP contribution in [0.25, 0.3) is 0 Å². The monoisotopic (exact) mass is 294 g/mol. The maximum absolute atomic E-state index is 12.0. The molecule has 0 aliphatic carbocycles. The molecule has 3 rings (SSSR count). The van der Waals surface area contributed by atoms with Crippen molar-refractivity contribution in [2.45, 2.75) is 11.4 Å². The van der Waals surface area contributed by atoms with E-state index in [-0.39, 0.29) is 6.10 Å². The van der Waals surface area contributed by atoms with Crippen molar-refractivity contribution in [2.24, 2.45) is 0 Å². The van der Waals surface area contributed by atoms with Gasteiger partial charge in [-0.15, -0.1) is 0 Å². The zero-order valence-electron chi connectivity index (χ0n) is 10.7. The van der Waals surface area contributed by atoms with E-state index in [0.717, 1.165) is 0 Å². The number of benzene rings is 1. The highest BCUT2D eigenvalue weighted by Gasteiger charge is 2.44. The first-order valence-corrected chi connectivity index (χ1v) is 7.83. The van der Waals surface area contributed by atoms with Crippen LogP contribution in [0.4, 0.5) is 0 Å².